The lowest BCUT2D eigenvalue weighted by Crippen LogP contribution is -2.39. The number of anilines is 2. The van der Waals surface area contributed by atoms with Gasteiger partial charge in [0.1, 0.15) is 18.0 Å². The molecule has 1 aromatic heterocycles. The van der Waals surface area contributed by atoms with Crippen LogP contribution in [0, 0.1) is 0 Å². The van der Waals surface area contributed by atoms with E-state index in [1.807, 2.05) is 34.7 Å². The summed E-state index contributed by atoms with van der Waals surface area (Å²) in [5.41, 5.74) is 3.48. The molecule has 20 heavy (non-hydrogen) atoms. The summed E-state index contributed by atoms with van der Waals surface area (Å²) in [6, 6.07) is 0.118. The first-order valence-electron chi connectivity index (χ1n) is 6.68. The molecule has 0 saturated carbocycles. The lowest BCUT2D eigenvalue weighted by Gasteiger charge is -2.23. The molecule has 7 nitrogen and oxygen atoms in total. The summed E-state index contributed by atoms with van der Waals surface area (Å²) in [5.74, 6) is 6.93. The van der Waals surface area contributed by atoms with Crippen LogP contribution in [0.3, 0.4) is 0 Å². The molecule has 112 valence electrons. The number of likely N-dealkylation sites (N-methyl/N-ethyl adjacent to an activating group) is 1. The van der Waals surface area contributed by atoms with Gasteiger partial charge < -0.3 is 15.6 Å². The van der Waals surface area contributed by atoms with E-state index in [1.165, 1.54) is 6.33 Å². The average molecular weight is 280 g/mol. The Morgan fingerprint density at radius 3 is 2.50 bits per heavy atom. The zero-order chi connectivity index (χ0) is 15.3. The third-order valence-corrected chi connectivity index (χ3v) is 2.77. The molecule has 4 N–H and O–H groups in total. The second kappa shape index (κ2) is 7.04. The Morgan fingerprint density at radius 1 is 1.35 bits per heavy atom. The van der Waals surface area contributed by atoms with Crippen molar-refractivity contribution in [2.75, 3.05) is 23.9 Å². The van der Waals surface area contributed by atoms with Crippen molar-refractivity contribution in [2.24, 2.45) is 5.84 Å². The molecule has 0 spiro atoms. The molecule has 1 heterocycles. The van der Waals surface area contributed by atoms with E-state index in [4.69, 9.17) is 5.84 Å². The van der Waals surface area contributed by atoms with Crippen LogP contribution in [0.5, 0.6) is 0 Å². The smallest absolute Gasteiger partial charge is 0.239 e. The summed E-state index contributed by atoms with van der Waals surface area (Å²) >= 11 is 0. The zero-order valence-electron chi connectivity index (χ0n) is 12.8. The Kier molecular flexibility index (Phi) is 5.69. The van der Waals surface area contributed by atoms with Gasteiger partial charge in [-0.3, -0.25) is 4.79 Å². The number of rotatable bonds is 6. The van der Waals surface area contributed by atoms with E-state index in [0.29, 0.717) is 11.6 Å². The number of hydrazine groups is 1. The Hall–Kier alpha value is -1.89. The van der Waals surface area contributed by atoms with Gasteiger partial charge >= 0.3 is 0 Å². The molecule has 1 rings (SSSR count). The Morgan fingerprint density at radius 2 is 2.00 bits per heavy atom. The number of hydrogen-bond donors (Lipinski definition) is 3. The Labute approximate surface area is 119 Å². The molecule has 0 aliphatic rings. The number of nitrogens with two attached hydrogens (primary N) is 1. The lowest BCUT2D eigenvalue weighted by atomic mass is 10.0. The highest BCUT2D eigenvalue weighted by Crippen LogP contribution is 2.29. The van der Waals surface area contributed by atoms with Gasteiger partial charge in [0, 0.05) is 18.7 Å². The highest BCUT2D eigenvalue weighted by atomic mass is 16.2. The Balaban J connectivity index is 2.98. The number of nitrogens with one attached hydrogen (secondary N) is 2. The minimum atomic E-state index is -0.0434. The van der Waals surface area contributed by atoms with Gasteiger partial charge in [0.25, 0.3) is 0 Å². The van der Waals surface area contributed by atoms with Crippen molar-refractivity contribution in [3.05, 3.63) is 11.9 Å². The van der Waals surface area contributed by atoms with Crippen LogP contribution in [0.15, 0.2) is 6.33 Å². The van der Waals surface area contributed by atoms with Crippen LogP contribution in [0.1, 0.15) is 39.2 Å². The summed E-state index contributed by atoms with van der Waals surface area (Å²) in [4.78, 5) is 22.0. The molecule has 7 heteroatoms. The summed E-state index contributed by atoms with van der Waals surface area (Å²) in [6.45, 7) is 8.16. The maximum atomic E-state index is 11.8. The monoisotopic (exact) mass is 280 g/mol. The van der Waals surface area contributed by atoms with Gasteiger partial charge in [-0.05, 0) is 19.8 Å². The fraction of sp³-hybridized carbons (Fsp3) is 0.615. The van der Waals surface area contributed by atoms with Crippen molar-refractivity contribution < 1.29 is 4.79 Å². The molecule has 0 atom stereocenters. The summed E-state index contributed by atoms with van der Waals surface area (Å²) < 4.78 is 0. The van der Waals surface area contributed by atoms with E-state index in [2.05, 4.69) is 20.7 Å². The van der Waals surface area contributed by atoms with Crippen LogP contribution in [-0.2, 0) is 4.79 Å². The van der Waals surface area contributed by atoms with E-state index in [1.54, 1.807) is 4.90 Å². The van der Waals surface area contributed by atoms with Gasteiger partial charge in [-0.25, -0.2) is 15.8 Å². The average Bonchev–Trinajstić information content (AvgIpc) is 2.36. The number of carbonyl (C=O) groups excluding carboxylic acids is 1. The summed E-state index contributed by atoms with van der Waals surface area (Å²) in [6.07, 6.45) is 1.44. The number of nitrogens with zero attached hydrogens (tertiary/aromatic N) is 3. The van der Waals surface area contributed by atoms with Crippen LogP contribution >= 0.6 is 0 Å². The first kappa shape index (κ1) is 16.2. The summed E-state index contributed by atoms with van der Waals surface area (Å²) in [5, 5.41) is 2.86. The second-order valence-electron chi connectivity index (χ2n) is 5.34. The first-order valence-corrected chi connectivity index (χ1v) is 6.68. The topological polar surface area (TPSA) is 96.2 Å². The summed E-state index contributed by atoms with van der Waals surface area (Å²) in [7, 11) is 1.83. The third-order valence-electron chi connectivity index (χ3n) is 2.77. The first-order chi connectivity index (χ1) is 9.36. The van der Waals surface area contributed by atoms with E-state index < -0.39 is 0 Å². The van der Waals surface area contributed by atoms with Gasteiger partial charge in [-0.2, -0.15) is 0 Å². The number of nitrogen functional groups attached to an aromatic ring is 1. The molecular formula is C13H24N6O. The van der Waals surface area contributed by atoms with Gasteiger partial charge in [0.05, 0.1) is 6.54 Å². The maximum Gasteiger partial charge on any atom is 0.239 e. The molecule has 1 amide bonds. The molecule has 0 aliphatic carbocycles. The van der Waals surface area contributed by atoms with E-state index in [0.717, 1.165) is 5.56 Å². The molecule has 0 aliphatic heterocycles. The standard InChI is InChI=1S/C13H24N6O/c1-8(2)11-12(18-14)15-7-16-13(11)19(5)6-10(20)17-9(3)4/h7-9H,6,14H2,1-5H3,(H,17,20)(H,15,16,18). The van der Waals surface area contributed by atoms with Crippen molar-refractivity contribution in [1.29, 1.82) is 0 Å². The fourth-order valence-electron chi connectivity index (χ4n) is 2.00. The number of hydrogen-bond acceptors (Lipinski definition) is 6. The lowest BCUT2D eigenvalue weighted by molar-refractivity contribution is -0.120. The van der Waals surface area contributed by atoms with Gasteiger partial charge in [-0.1, -0.05) is 13.8 Å². The predicted molar refractivity (Wildman–Crippen MR) is 80.5 cm³/mol. The SMILES string of the molecule is CC(C)NC(=O)CN(C)c1ncnc(NN)c1C(C)C. The third kappa shape index (κ3) is 4.06. The molecule has 0 saturated heterocycles. The van der Waals surface area contributed by atoms with Crippen molar-refractivity contribution in [3.63, 3.8) is 0 Å². The van der Waals surface area contributed by atoms with Gasteiger partial charge in [-0.15, -0.1) is 0 Å². The largest absolute Gasteiger partial charge is 0.352 e. The highest BCUT2D eigenvalue weighted by molar-refractivity contribution is 5.81. The van der Waals surface area contributed by atoms with E-state index in [-0.39, 0.29) is 24.4 Å². The molecule has 0 bridgehead atoms. The van der Waals surface area contributed by atoms with Crippen LogP contribution in [0.2, 0.25) is 0 Å². The maximum absolute atomic E-state index is 11.8. The van der Waals surface area contributed by atoms with Crippen molar-refractivity contribution in [1.82, 2.24) is 15.3 Å². The Bertz CT molecular complexity index is 460. The number of carbonyl (C=O) groups is 1. The minimum Gasteiger partial charge on any atom is -0.352 e. The zero-order valence-corrected chi connectivity index (χ0v) is 12.8. The van der Waals surface area contributed by atoms with E-state index in [9.17, 15) is 4.79 Å². The molecule has 1 aromatic rings. The van der Waals surface area contributed by atoms with Gasteiger partial charge in [0.15, 0.2) is 0 Å². The van der Waals surface area contributed by atoms with Crippen molar-refractivity contribution in [3.8, 4) is 0 Å². The normalized spacial score (nSPS) is 10.8. The minimum absolute atomic E-state index is 0.0434. The fourth-order valence-corrected chi connectivity index (χ4v) is 2.00. The van der Waals surface area contributed by atoms with Crippen LogP contribution in [0.4, 0.5) is 11.6 Å². The van der Waals surface area contributed by atoms with E-state index >= 15 is 0 Å². The predicted octanol–water partition coefficient (Wildman–Crippen LogP) is 0.846. The highest BCUT2D eigenvalue weighted by Gasteiger charge is 2.19. The van der Waals surface area contributed by atoms with Crippen molar-refractivity contribution >= 4 is 17.5 Å². The molecule has 0 radical (unpaired) electrons. The van der Waals surface area contributed by atoms with Crippen LogP contribution < -0.4 is 21.5 Å². The van der Waals surface area contributed by atoms with Crippen LogP contribution in [0.25, 0.3) is 0 Å². The number of aromatic nitrogens is 2. The second-order valence-corrected chi connectivity index (χ2v) is 5.34. The number of amides is 1. The molecular weight excluding hydrogens is 256 g/mol. The molecule has 0 aromatic carbocycles. The molecule has 0 fully saturated rings. The molecule has 0 unspecified atom stereocenters. The van der Waals surface area contributed by atoms with Crippen molar-refractivity contribution in [2.45, 2.75) is 39.7 Å². The van der Waals surface area contributed by atoms with Gasteiger partial charge in [0.2, 0.25) is 5.91 Å². The quantitative estimate of drug-likeness (QED) is 0.528. The van der Waals surface area contributed by atoms with Crippen LogP contribution in [-0.4, -0.2) is 35.5 Å².